The minimum atomic E-state index is -1.25. The van der Waals surface area contributed by atoms with Crippen LogP contribution in [0.15, 0.2) is 24.3 Å². The van der Waals surface area contributed by atoms with Crippen molar-refractivity contribution in [3.8, 4) is 0 Å². The first-order chi connectivity index (χ1) is 9.08. The Hall–Kier alpha value is -1.68. The van der Waals surface area contributed by atoms with Gasteiger partial charge >= 0.3 is 5.97 Å². The molecule has 1 atom stereocenters. The van der Waals surface area contributed by atoms with E-state index in [4.69, 9.17) is 5.11 Å². The van der Waals surface area contributed by atoms with E-state index in [-0.39, 0.29) is 18.8 Å². The van der Waals surface area contributed by atoms with Crippen molar-refractivity contribution in [2.75, 3.05) is 0 Å². The molecular weight excluding hydrogens is 244 g/mol. The number of benzene rings is 1. The van der Waals surface area contributed by atoms with Crippen LogP contribution in [0.4, 0.5) is 0 Å². The fourth-order valence-corrected chi connectivity index (χ4v) is 2.69. The molecule has 1 aromatic rings. The summed E-state index contributed by atoms with van der Waals surface area (Å²) in [6.07, 6.45) is 2.60. The predicted molar refractivity (Wildman–Crippen MR) is 69.6 cm³/mol. The van der Waals surface area contributed by atoms with E-state index >= 15 is 0 Å². The first kappa shape index (κ1) is 13.7. The highest BCUT2D eigenvalue weighted by Gasteiger charge is 2.46. The number of aliphatic carboxylic acids is 1. The maximum absolute atomic E-state index is 12.1. The number of ketones is 1. The molecule has 0 aromatic heterocycles. The molecule has 102 valence electrons. The maximum Gasteiger partial charge on any atom is 0.317 e. The SMILES string of the molecule is O=C(O)C1(Cc2ccc(CO)cc2)CCCCC1=O. The Kier molecular flexibility index (Phi) is 4.00. The number of aliphatic hydroxyl groups is 1. The Morgan fingerprint density at radius 3 is 2.32 bits per heavy atom. The van der Waals surface area contributed by atoms with Crippen molar-refractivity contribution in [3.63, 3.8) is 0 Å². The van der Waals surface area contributed by atoms with Gasteiger partial charge in [-0.05, 0) is 30.4 Å². The lowest BCUT2D eigenvalue weighted by Crippen LogP contribution is -2.43. The Balaban J connectivity index is 2.25. The molecule has 0 heterocycles. The Bertz CT molecular complexity index is 477. The van der Waals surface area contributed by atoms with Crippen LogP contribution in [0, 0.1) is 5.41 Å². The molecule has 4 heteroatoms. The van der Waals surface area contributed by atoms with Crippen LogP contribution in [0.1, 0.15) is 36.8 Å². The molecule has 0 radical (unpaired) electrons. The minimum absolute atomic E-state index is 0.0384. The first-order valence-corrected chi connectivity index (χ1v) is 6.54. The molecule has 2 rings (SSSR count). The number of Topliss-reactive ketones (excluding diaryl/α,β-unsaturated/α-hetero) is 1. The van der Waals surface area contributed by atoms with Gasteiger partial charge in [0.25, 0.3) is 0 Å². The molecule has 0 amide bonds. The largest absolute Gasteiger partial charge is 0.480 e. The topological polar surface area (TPSA) is 74.6 Å². The molecule has 1 saturated carbocycles. The van der Waals surface area contributed by atoms with Crippen molar-refractivity contribution >= 4 is 11.8 Å². The van der Waals surface area contributed by atoms with Gasteiger partial charge in [-0.15, -0.1) is 0 Å². The monoisotopic (exact) mass is 262 g/mol. The molecule has 0 aliphatic heterocycles. The molecule has 0 spiro atoms. The summed E-state index contributed by atoms with van der Waals surface area (Å²) < 4.78 is 0. The normalized spacial score (nSPS) is 23.3. The lowest BCUT2D eigenvalue weighted by Gasteiger charge is -2.31. The summed E-state index contributed by atoms with van der Waals surface area (Å²) in [6.45, 7) is -0.0384. The second-order valence-corrected chi connectivity index (χ2v) is 5.17. The fraction of sp³-hybridized carbons (Fsp3) is 0.467. The second kappa shape index (κ2) is 5.53. The first-order valence-electron chi connectivity index (χ1n) is 6.54. The lowest BCUT2D eigenvalue weighted by molar-refractivity contribution is -0.157. The molecule has 1 fully saturated rings. The molecule has 1 aliphatic rings. The van der Waals surface area contributed by atoms with E-state index < -0.39 is 11.4 Å². The van der Waals surface area contributed by atoms with Gasteiger partial charge in [-0.1, -0.05) is 30.7 Å². The maximum atomic E-state index is 12.1. The van der Waals surface area contributed by atoms with Gasteiger partial charge in [-0.3, -0.25) is 9.59 Å². The Labute approximate surface area is 112 Å². The van der Waals surface area contributed by atoms with Gasteiger partial charge in [0.15, 0.2) is 5.78 Å². The third-order valence-electron chi connectivity index (χ3n) is 3.91. The second-order valence-electron chi connectivity index (χ2n) is 5.17. The van der Waals surface area contributed by atoms with Crippen molar-refractivity contribution in [2.45, 2.75) is 38.7 Å². The van der Waals surface area contributed by atoms with Crippen LogP contribution in [-0.2, 0) is 22.6 Å². The van der Waals surface area contributed by atoms with Gasteiger partial charge < -0.3 is 10.2 Å². The van der Waals surface area contributed by atoms with Crippen molar-refractivity contribution in [3.05, 3.63) is 35.4 Å². The van der Waals surface area contributed by atoms with E-state index in [0.717, 1.165) is 24.0 Å². The standard InChI is InChI=1S/C15H18O4/c16-10-12-6-4-11(5-7-12)9-15(14(18)19)8-2-1-3-13(15)17/h4-7,16H,1-3,8-10H2,(H,18,19). The van der Waals surface area contributed by atoms with Gasteiger partial charge in [0.05, 0.1) is 6.61 Å². The molecule has 4 nitrogen and oxygen atoms in total. The number of carbonyl (C=O) groups excluding carboxylic acids is 1. The minimum Gasteiger partial charge on any atom is -0.480 e. The molecule has 1 aliphatic carbocycles. The third-order valence-corrected chi connectivity index (χ3v) is 3.91. The van der Waals surface area contributed by atoms with Crippen LogP contribution in [0.5, 0.6) is 0 Å². The van der Waals surface area contributed by atoms with E-state index in [1.54, 1.807) is 24.3 Å². The quantitative estimate of drug-likeness (QED) is 0.813. The molecule has 1 aromatic carbocycles. The van der Waals surface area contributed by atoms with Crippen LogP contribution in [0.3, 0.4) is 0 Å². The lowest BCUT2D eigenvalue weighted by atomic mass is 9.69. The molecule has 1 unspecified atom stereocenters. The Morgan fingerprint density at radius 2 is 1.79 bits per heavy atom. The number of carboxylic acid groups (broad SMARTS) is 1. The number of hydrogen-bond donors (Lipinski definition) is 2. The van der Waals surface area contributed by atoms with Crippen molar-refractivity contribution in [1.82, 2.24) is 0 Å². The summed E-state index contributed by atoms with van der Waals surface area (Å²) in [6, 6.07) is 7.10. The van der Waals surface area contributed by atoms with Crippen LogP contribution in [0.25, 0.3) is 0 Å². The molecule has 19 heavy (non-hydrogen) atoms. The van der Waals surface area contributed by atoms with Gasteiger partial charge in [0, 0.05) is 6.42 Å². The number of carbonyl (C=O) groups is 2. The molecule has 0 saturated heterocycles. The molecule has 0 bridgehead atoms. The summed E-state index contributed by atoms with van der Waals surface area (Å²) in [5.41, 5.74) is 0.358. The van der Waals surface area contributed by atoms with E-state index in [1.807, 2.05) is 0 Å². The van der Waals surface area contributed by atoms with Gasteiger partial charge in [0.1, 0.15) is 5.41 Å². The third kappa shape index (κ3) is 2.68. The average Bonchev–Trinajstić information content (AvgIpc) is 2.42. The van der Waals surface area contributed by atoms with Crippen molar-refractivity contribution < 1.29 is 19.8 Å². The van der Waals surface area contributed by atoms with Crippen LogP contribution < -0.4 is 0 Å². The summed E-state index contributed by atoms with van der Waals surface area (Å²) in [5.74, 6) is -1.17. The number of aliphatic hydroxyl groups excluding tert-OH is 1. The van der Waals surface area contributed by atoms with E-state index in [0.29, 0.717) is 12.8 Å². The van der Waals surface area contributed by atoms with E-state index in [9.17, 15) is 14.7 Å². The van der Waals surface area contributed by atoms with Crippen molar-refractivity contribution in [1.29, 1.82) is 0 Å². The van der Waals surface area contributed by atoms with E-state index in [2.05, 4.69) is 0 Å². The van der Waals surface area contributed by atoms with Crippen LogP contribution in [-0.4, -0.2) is 22.0 Å². The summed E-state index contributed by atoms with van der Waals surface area (Å²) >= 11 is 0. The number of rotatable bonds is 4. The number of hydrogen-bond acceptors (Lipinski definition) is 3. The highest BCUT2D eigenvalue weighted by Crippen LogP contribution is 2.37. The number of carboxylic acids is 1. The van der Waals surface area contributed by atoms with Crippen LogP contribution >= 0.6 is 0 Å². The highest BCUT2D eigenvalue weighted by molar-refractivity contribution is 6.03. The zero-order valence-corrected chi connectivity index (χ0v) is 10.8. The van der Waals surface area contributed by atoms with Crippen molar-refractivity contribution in [2.24, 2.45) is 5.41 Å². The molecule has 2 N–H and O–H groups in total. The smallest absolute Gasteiger partial charge is 0.317 e. The summed E-state index contributed by atoms with van der Waals surface area (Å²) in [7, 11) is 0. The zero-order valence-electron chi connectivity index (χ0n) is 10.8. The summed E-state index contributed by atoms with van der Waals surface area (Å²) in [5, 5.41) is 18.4. The molecular formula is C15H18O4. The van der Waals surface area contributed by atoms with Gasteiger partial charge in [0.2, 0.25) is 0 Å². The highest BCUT2D eigenvalue weighted by atomic mass is 16.4. The van der Waals surface area contributed by atoms with Gasteiger partial charge in [-0.2, -0.15) is 0 Å². The van der Waals surface area contributed by atoms with Crippen LogP contribution in [0.2, 0.25) is 0 Å². The fourth-order valence-electron chi connectivity index (χ4n) is 2.69. The Morgan fingerprint density at radius 1 is 1.16 bits per heavy atom. The summed E-state index contributed by atoms with van der Waals surface area (Å²) in [4.78, 5) is 23.6. The van der Waals surface area contributed by atoms with E-state index in [1.165, 1.54) is 0 Å². The average molecular weight is 262 g/mol. The van der Waals surface area contributed by atoms with Gasteiger partial charge in [-0.25, -0.2) is 0 Å². The zero-order chi connectivity index (χ0) is 13.9. The predicted octanol–water partition coefficient (Wildman–Crippen LogP) is 1.94.